The van der Waals surface area contributed by atoms with Crippen LogP contribution in [0.4, 0.5) is 0 Å². The average molecular weight is 435 g/mol. The van der Waals surface area contributed by atoms with Crippen molar-refractivity contribution < 1.29 is 24.3 Å². The minimum Gasteiger partial charge on any atom is -0.480 e. The lowest BCUT2D eigenvalue weighted by Crippen LogP contribution is -2.58. The summed E-state index contributed by atoms with van der Waals surface area (Å²) >= 11 is 7.96. The minimum atomic E-state index is -1.20. The number of likely N-dealkylation sites (tertiary alicyclic amines) is 1. The quantitative estimate of drug-likeness (QED) is 0.250. The van der Waals surface area contributed by atoms with E-state index in [2.05, 4.69) is 35.9 Å². The molecule has 0 radical (unpaired) electrons. The summed E-state index contributed by atoms with van der Waals surface area (Å²) in [6, 6.07) is -3.58. The molecule has 0 aliphatic carbocycles. The molecule has 1 rings (SSSR count). The molecule has 5 N–H and O–H groups in total. The fraction of sp³-hybridized carbons (Fsp3) is 0.765. The third kappa shape index (κ3) is 6.28. The number of hydrogen-bond donors (Lipinski definition) is 6. The number of carboxylic acid groups (broad SMARTS) is 1. The zero-order valence-electron chi connectivity index (χ0n) is 16.1. The summed E-state index contributed by atoms with van der Waals surface area (Å²) in [5.74, 6) is -2.73. The molecule has 3 amide bonds. The molecule has 1 saturated heterocycles. The fourth-order valence-electron chi connectivity index (χ4n) is 2.99. The van der Waals surface area contributed by atoms with Gasteiger partial charge in [-0.05, 0) is 18.8 Å². The molecular formula is C17H30N4O5S2. The Kier molecular flexibility index (Phi) is 10.1. The lowest BCUT2D eigenvalue weighted by molar-refractivity contribution is -0.142. The van der Waals surface area contributed by atoms with Crippen molar-refractivity contribution in [1.29, 1.82) is 0 Å². The van der Waals surface area contributed by atoms with E-state index >= 15 is 0 Å². The Bertz CT molecular complexity index is 592. The van der Waals surface area contributed by atoms with Crippen molar-refractivity contribution in [2.24, 2.45) is 11.7 Å². The zero-order chi connectivity index (χ0) is 21.4. The summed E-state index contributed by atoms with van der Waals surface area (Å²) < 4.78 is 0. The summed E-state index contributed by atoms with van der Waals surface area (Å²) in [5, 5.41) is 14.2. The van der Waals surface area contributed by atoms with Gasteiger partial charge in [-0.25, -0.2) is 4.79 Å². The molecule has 160 valence electrons. The highest BCUT2D eigenvalue weighted by Crippen LogP contribution is 2.19. The van der Waals surface area contributed by atoms with E-state index < -0.39 is 42.0 Å². The number of amides is 3. The number of carboxylic acids is 1. The van der Waals surface area contributed by atoms with E-state index in [4.69, 9.17) is 10.8 Å². The standard InChI is InChI=1S/C17H30N4O5S2/c1-3-9(2)13(15(23)19-11(8-28)17(25)26)20-14(22)12-5-4-6-21(12)16(24)10(18)7-27/h9-13,27-28H,3-8,18H2,1-2H3,(H,19,23)(H,20,22)(H,25,26)/t9-,10-,11-,12-,13-/m0/s1. The molecule has 0 bridgehead atoms. The fourth-order valence-corrected chi connectivity index (χ4v) is 3.40. The van der Waals surface area contributed by atoms with Gasteiger partial charge in [0.25, 0.3) is 0 Å². The van der Waals surface area contributed by atoms with Crippen LogP contribution in [-0.2, 0) is 19.2 Å². The number of nitrogens with one attached hydrogen (secondary N) is 2. The van der Waals surface area contributed by atoms with Gasteiger partial charge in [-0.15, -0.1) is 0 Å². The van der Waals surface area contributed by atoms with Gasteiger partial charge >= 0.3 is 5.97 Å². The second kappa shape index (κ2) is 11.5. The largest absolute Gasteiger partial charge is 0.480 e. The van der Waals surface area contributed by atoms with Gasteiger partial charge < -0.3 is 26.4 Å². The van der Waals surface area contributed by atoms with E-state index in [0.717, 1.165) is 0 Å². The van der Waals surface area contributed by atoms with Gasteiger partial charge in [-0.2, -0.15) is 25.3 Å². The Morgan fingerprint density at radius 2 is 1.86 bits per heavy atom. The molecule has 1 fully saturated rings. The molecule has 5 atom stereocenters. The van der Waals surface area contributed by atoms with E-state index in [1.54, 1.807) is 6.92 Å². The summed E-state index contributed by atoms with van der Waals surface area (Å²) in [4.78, 5) is 50.4. The zero-order valence-corrected chi connectivity index (χ0v) is 17.9. The van der Waals surface area contributed by atoms with Crippen LogP contribution in [0.15, 0.2) is 0 Å². The lowest BCUT2D eigenvalue weighted by atomic mass is 9.97. The monoisotopic (exact) mass is 434 g/mol. The molecule has 1 aliphatic heterocycles. The highest BCUT2D eigenvalue weighted by Gasteiger charge is 2.38. The second-order valence-electron chi connectivity index (χ2n) is 6.93. The minimum absolute atomic E-state index is 0.0746. The predicted octanol–water partition coefficient (Wildman–Crippen LogP) is -0.735. The maximum absolute atomic E-state index is 12.8. The molecule has 0 aromatic carbocycles. The summed E-state index contributed by atoms with van der Waals surface area (Å²) in [6.45, 7) is 4.07. The summed E-state index contributed by atoms with van der Waals surface area (Å²) in [6.07, 6.45) is 1.72. The molecule has 0 spiro atoms. The Hall–Kier alpha value is -1.46. The van der Waals surface area contributed by atoms with Crippen molar-refractivity contribution in [1.82, 2.24) is 15.5 Å². The Balaban J connectivity index is 2.90. The maximum Gasteiger partial charge on any atom is 0.327 e. The first kappa shape index (κ1) is 24.6. The molecule has 0 aromatic rings. The van der Waals surface area contributed by atoms with Gasteiger partial charge in [0.05, 0.1) is 6.04 Å². The van der Waals surface area contributed by atoms with Crippen LogP contribution >= 0.6 is 25.3 Å². The molecule has 1 heterocycles. The third-order valence-corrected chi connectivity index (χ3v) is 5.70. The van der Waals surface area contributed by atoms with E-state index in [0.29, 0.717) is 25.8 Å². The van der Waals surface area contributed by atoms with Gasteiger partial charge in [0.2, 0.25) is 17.7 Å². The normalized spacial score (nSPS) is 20.8. The van der Waals surface area contributed by atoms with Crippen LogP contribution < -0.4 is 16.4 Å². The molecule has 0 saturated carbocycles. The summed E-state index contributed by atoms with van der Waals surface area (Å²) in [7, 11) is 0. The van der Waals surface area contributed by atoms with Crippen molar-refractivity contribution in [3.05, 3.63) is 0 Å². The first-order valence-corrected chi connectivity index (χ1v) is 10.6. The predicted molar refractivity (Wildman–Crippen MR) is 111 cm³/mol. The number of rotatable bonds is 10. The molecule has 0 unspecified atom stereocenters. The van der Waals surface area contributed by atoms with Crippen molar-refractivity contribution in [2.75, 3.05) is 18.1 Å². The molecule has 11 heteroatoms. The Labute approximate surface area is 176 Å². The first-order valence-electron chi connectivity index (χ1n) is 9.29. The van der Waals surface area contributed by atoms with Gasteiger partial charge in [0.1, 0.15) is 18.1 Å². The number of aliphatic carboxylic acids is 1. The van der Waals surface area contributed by atoms with Crippen molar-refractivity contribution in [3.8, 4) is 0 Å². The van der Waals surface area contributed by atoms with E-state index in [1.807, 2.05) is 6.92 Å². The van der Waals surface area contributed by atoms with Crippen molar-refractivity contribution in [3.63, 3.8) is 0 Å². The Morgan fingerprint density at radius 3 is 2.36 bits per heavy atom. The molecule has 9 nitrogen and oxygen atoms in total. The number of carbonyl (C=O) groups is 4. The van der Waals surface area contributed by atoms with Crippen LogP contribution in [0.25, 0.3) is 0 Å². The lowest BCUT2D eigenvalue weighted by Gasteiger charge is -2.30. The maximum atomic E-state index is 12.8. The highest BCUT2D eigenvalue weighted by atomic mass is 32.1. The average Bonchev–Trinajstić information content (AvgIpc) is 3.17. The SMILES string of the molecule is CC[C@H](C)[C@H](NC(=O)[C@@H]1CCCN1C(=O)[C@@H](N)CS)C(=O)N[C@@H](CS)C(=O)O. The summed E-state index contributed by atoms with van der Waals surface area (Å²) in [5.41, 5.74) is 5.75. The van der Waals surface area contributed by atoms with Gasteiger partial charge in [0.15, 0.2) is 0 Å². The van der Waals surface area contributed by atoms with Crippen molar-refractivity contribution in [2.45, 2.75) is 57.3 Å². The van der Waals surface area contributed by atoms with Crippen LogP contribution in [0.3, 0.4) is 0 Å². The number of carbonyl (C=O) groups excluding carboxylic acids is 3. The topological polar surface area (TPSA) is 142 Å². The third-order valence-electron chi connectivity index (χ3n) is 4.94. The molecular weight excluding hydrogens is 404 g/mol. The molecule has 0 aromatic heterocycles. The molecule has 1 aliphatic rings. The van der Waals surface area contributed by atoms with Gasteiger partial charge in [-0.3, -0.25) is 14.4 Å². The second-order valence-corrected chi connectivity index (χ2v) is 7.66. The van der Waals surface area contributed by atoms with E-state index in [9.17, 15) is 19.2 Å². The smallest absolute Gasteiger partial charge is 0.327 e. The van der Waals surface area contributed by atoms with Crippen molar-refractivity contribution >= 4 is 48.9 Å². The Morgan fingerprint density at radius 1 is 1.21 bits per heavy atom. The highest BCUT2D eigenvalue weighted by molar-refractivity contribution is 7.80. The van der Waals surface area contributed by atoms with Crippen LogP contribution in [-0.4, -0.2) is 75.9 Å². The molecule has 28 heavy (non-hydrogen) atoms. The van der Waals surface area contributed by atoms with Gasteiger partial charge in [0, 0.05) is 18.1 Å². The van der Waals surface area contributed by atoms with Gasteiger partial charge in [-0.1, -0.05) is 20.3 Å². The first-order chi connectivity index (χ1) is 13.2. The van der Waals surface area contributed by atoms with E-state index in [1.165, 1.54) is 4.90 Å². The van der Waals surface area contributed by atoms with E-state index in [-0.39, 0.29) is 23.3 Å². The van der Waals surface area contributed by atoms with Crippen LogP contribution in [0.1, 0.15) is 33.1 Å². The number of hydrogen-bond acceptors (Lipinski definition) is 7. The van der Waals surface area contributed by atoms with Crippen LogP contribution in [0, 0.1) is 5.92 Å². The number of nitrogens with zero attached hydrogens (tertiary/aromatic N) is 1. The number of thiol groups is 2. The van der Waals surface area contributed by atoms with Crippen LogP contribution in [0.2, 0.25) is 0 Å². The number of nitrogens with two attached hydrogens (primary N) is 1. The van der Waals surface area contributed by atoms with Crippen LogP contribution in [0.5, 0.6) is 0 Å².